The summed E-state index contributed by atoms with van der Waals surface area (Å²) in [6, 6.07) is 8.08. The van der Waals surface area contributed by atoms with Crippen molar-refractivity contribution in [2.75, 3.05) is 6.61 Å². The number of carbonyl (C=O) groups is 2. The van der Waals surface area contributed by atoms with Crippen LogP contribution in [0, 0.1) is 0 Å². The fourth-order valence-electron chi connectivity index (χ4n) is 2.33. The van der Waals surface area contributed by atoms with E-state index < -0.39 is 5.91 Å². The zero-order valence-corrected chi connectivity index (χ0v) is 14.4. The van der Waals surface area contributed by atoms with Crippen molar-refractivity contribution in [3.8, 4) is 5.75 Å². The monoisotopic (exact) mass is 349 g/mol. The zero-order valence-electron chi connectivity index (χ0n) is 13.6. The highest BCUT2D eigenvalue weighted by atomic mass is 35.5. The largest absolute Gasteiger partial charge is 0.506 e. The number of hydrogen-bond acceptors (Lipinski definition) is 4. The number of phenols is 1. The number of amides is 1. The Morgan fingerprint density at radius 1 is 1.29 bits per heavy atom. The Morgan fingerprint density at radius 2 is 1.96 bits per heavy atom. The van der Waals surface area contributed by atoms with E-state index in [1.807, 2.05) is 6.92 Å². The Balaban J connectivity index is 2.11. The fourth-order valence-corrected chi connectivity index (χ4v) is 2.60. The quantitative estimate of drug-likeness (QED) is 0.780. The number of fused-ring (bicyclic) bond motifs is 1. The third kappa shape index (κ3) is 4.17. The minimum Gasteiger partial charge on any atom is -0.506 e. The van der Waals surface area contributed by atoms with E-state index in [1.54, 1.807) is 31.2 Å². The Hall–Kier alpha value is -2.27. The number of rotatable bonds is 6. The summed E-state index contributed by atoms with van der Waals surface area (Å²) in [4.78, 5) is 23.7. The molecule has 1 atom stereocenters. The molecule has 2 N–H and O–H groups in total. The summed E-state index contributed by atoms with van der Waals surface area (Å²) in [7, 11) is 0. The second-order valence-corrected chi connectivity index (χ2v) is 6.01. The van der Waals surface area contributed by atoms with Crippen LogP contribution in [-0.4, -0.2) is 29.6 Å². The molecule has 0 spiro atoms. The van der Waals surface area contributed by atoms with Crippen LogP contribution in [0.4, 0.5) is 0 Å². The van der Waals surface area contributed by atoms with E-state index in [1.165, 1.54) is 6.07 Å². The molecule has 1 amide bonds. The molecule has 6 heteroatoms. The highest BCUT2D eigenvalue weighted by molar-refractivity contribution is 6.36. The lowest BCUT2D eigenvalue weighted by atomic mass is 10.0. The normalized spacial score (nSPS) is 12.0. The maximum absolute atomic E-state index is 12.4. The van der Waals surface area contributed by atoms with Crippen LogP contribution < -0.4 is 5.32 Å². The van der Waals surface area contributed by atoms with Gasteiger partial charge in [-0.1, -0.05) is 42.8 Å². The van der Waals surface area contributed by atoms with E-state index in [-0.39, 0.29) is 29.9 Å². The van der Waals surface area contributed by atoms with E-state index in [0.29, 0.717) is 28.6 Å². The topological polar surface area (TPSA) is 75.6 Å². The van der Waals surface area contributed by atoms with Crippen LogP contribution in [0.25, 0.3) is 10.8 Å². The molecule has 24 heavy (non-hydrogen) atoms. The summed E-state index contributed by atoms with van der Waals surface area (Å²) in [5, 5.41) is 14.6. The van der Waals surface area contributed by atoms with Gasteiger partial charge in [0.2, 0.25) is 0 Å². The molecule has 0 bridgehead atoms. The molecule has 0 aliphatic carbocycles. The second-order valence-electron chi connectivity index (χ2n) is 5.61. The number of ether oxygens (including phenoxy) is 1. The second kappa shape index (κ2) is 8.02. The first-order chi connectivity index (χ1) is 11.4. The molecule has 0 aliphatic heterocycles. The van der Waals surface area contributed by atoms with E-state index in [4.69, 9.17) is 16.3 Å². The Kier molecular flexibility index (Phi) is 6.04. The Labute approximate surface area is 145 Å². The summed E-state index contributed by atoms with van der Waals surface area (Å²) in [5.74, 6) is -0.892. The predicted molar refractivity (Wildman–Crippen MR) is 93.4 cm³/mol. The molecular formula is C18H20ClNO4. The number of phenolic OH excluding ortho intramolecular Hbond substituents is 1. The lowest BCUT2D eigenvalue weighted by Gasteiger charge is -2.15. The highest BCUT2D eigenvalue weighted by Crippen LogP contribution is 2.34. The van der Waals surface area contributed by atoms with Crippen LogP contribution in [0.3, 0.4) is 0 Å². The molecule has 2 rings (SSSR count). The lowest BCUT2D eigenvalue weighted by molar-refractivity contribution is -0.144. The molecule has 0 saturated carbocycles. The smallest absolute Gasteiger partial charge is 0.305 e. The van der Waals surface area contributed by atoms with Gasteiger partial charge >= 0.3 is 5.97 Å². The SMILES string of the molecule is CCCC(=O)OC[C@@H](C)NC(=O)c1cc(Cl)c2ccccc2c1O. The van der Waals surface area contributed by atoms with Gasteiger partial charge in [0.05, 0.1) is 11.6 Å². The van der Waals surface area contributed by atoms with Crippen molar-refractivity contribution in [3.05, 3.63) is 40.9 Å². The average molecular weight is 350 g/mol. The van der Waals surface area contributed by atoms with Crippen LogP contribution in [0.5, 0.6) is 5.75 Å². The van der Waals surface area contributed by atoms with Gasteiger partial charge in [-0.3, -0.25) is 9.59 Å². The van der Waals surface area contributed by atoms with Crippen LogP contribution in [0.1, 0.15) is 37.0 Å². The number of esters is 1. The van der Waals surface area contributed by atoms with Crippen molar-refractivity contribution in [2.24, 2.45) is 0 Å². The third-order valence-corrected chi connectivity index (χ3v) is 3.85. The zero-order chi connectivity index (χ0) is 17.7. The summed E-state index contributed by atoms with van der Waals surface area (Å²) >= 11 is 6.19. The standard InChI is InChI=1S/C18H20ClNO4/c1-3-6-16(21)24-10-11(2)20-18(23)14-9-15(19)12-7-4-5-8-13(12)17(14)22/h4-5,7-9,11,22H,3,6,10H2,1-2H3,(H,20,23)/t11-/m1/s1. The molecular weight excluding hydrogens is 330 g/mol. The van der Waals surface area contributed by atoms with Gasteiger partial charge in [0.15, 0.2) is 0 Å². The Bertz CT molecular complexity index is 760. The first-order valence-electron chi connectivity index (χ1n) is 7.80. The third-order valence-electron chi connectivity index (χ3n) is 3.54. The number of carbonyl (C=O) groups excluding carboxylic acids is 2. The molecule has 2 aromatic rings. The molecule has 0 aromatic heterocycles. The van der Waals surface area contributed by atoms with Crippen molar-refractivity contribution in [3.63, 3.8) is 0 Å². The van der Waals surface area contributed by atoms with E-state index in [2.05, 4.69) is 5.32 Å². The predicted octanol–water partition coefficient (Wildman–Crippen LogP) is 3.66. The van der Waals surface area contributed by atoms with Crippen molar-refractivity contribution in [1.29, 1.82) is 0 Å². The van der Waals surface area contributed by atoms with Gasteiger partial charge in [-0.15, -0.1) is 0 Å². The Morgan fingerprint density at radius 3 is 2.62 bits per heavy atom. The van der Waals surface area contributed by atoms with Gasteiger partial charge in [0.25, 0.3) is 5.91 Å². The number of aromatic hydroxyl groups is 1. The average Bonchev–Trinajstić information content (AvgIpc) is 2.56. The van der Waals surface area contributed by atoms with Gasteiger partial charge < -0.3 is 15.2 Å². The van der Waals surface area contributed by atoms with Gasteiger partial charge in [-0.05, 0) is 19.4 Å². The van der Waals surface area contributed by atoms with Crippen molar-refractivity contribution in [1.82, 2.24) is 5.32 Å². The summed E-state index contributed by atoms with van der Waals surface area (Å²) in [6.07, 6.45) is 1.06. The first kappa shape index (κ1) is 18.1. The molecule has 0 fully saturated rings. The summed E-state index contributed by atoms with van der Waals surface area (Å²) < 4.78 is 5.06. The minimum atomic E-state index is -0.473. The molecule has 0 saturated heterocycles. The number of nitrogens with one attached hydrogen (secondary N) is 1. The van der Waals surface area contributed by atoms with Crippen LogP contribution >= 0.6 is 11.6 Å². The van der Waals surface area contributed by atoms with Crippen molar-refractivity contribution >= 4 is 34.2 Å². The van der Waals surface area contributed by atoms with Gasteiger partial charge in [-0.25, -0.2) is 0 Å². The molecule has 5 nitrogen and oxygen atoms in total. The molecule has 128 valence electrons. The maximum Gasteiger partial charge on any atom is 0.305 e. The molecule has 0 heterocycles. The van der Waals surface area contributed by atoms with E-state index >= 15 is 0 Å². The lowest BCUT2D eigenvalue weighted by Crippen LogP contribution is -2.36. The van der Waals surface area contributed by atoms with Gasteiger partial charge in [-0.2, -0.15) is 0 Å². The van der Waals surface area contributed by atoms with E-state index in [0.717, 1.165) is 0 Å². The number of hydrogen-bond donors (Lipinski definition) is 2. The maximum atomic E-state index is 12.4. The minimum absolute atomic E-state index is 0.0760. The summed E-state index contributed by atoms with van der Waals surface area (Å²) in [5.41, 5.74) is 0.0884. The van der Waals surface area contributed by atoms with Crippen LogP contribution in [-0.2, 0) is 9.53 Å². The van der Waals surface area contributed by atoms with Gasteiger partial charge in [0, 0.05) is 22.2 Å². The first-order valence-corrected chi connectivity index (χ1v) is 8.18. The molecule has 0 unspecified atom stereocenters. The van der Waals surface area contributed by atoms with Crippen LogP contribution in [0.15, 0.2) is 30.3 Å². The van der Waals surface area contributed by atoms with Crippen molar-refractivity contribution in [2.45, 2.75) is 32.7 Å². The van der Waals surface area contributed by atoms with Gasteiger partial charge in [0.1, 0.15) is 12.4 Å². The van der Waals surface area contributed by atoms with Crippen molar-refractivity contribution < 1.29 is 19.4 Å². The molecule has 0 aliphatic rings. The van der Waals surface area contributed by atoms with E-state index in [9.17, 15) is 14.7 Å². The summed E-state index contributed by atoms with van der Waals surface area (Å²) in [6.45, 7) is 3.68. The number of benzene rings is 2. The highest BCUT2D eigenvalue weighted by Gasteiger charge is 2.18. The molecule has 0 radical (unpaired) electrons. The number of halogens is 1. The van der Waals surface area contributed by atoms with Crippen LogP contribution in [0.2, 0.25) is 5.02 Å². The fraction of sp³-hybridized carbons (Fsp3) is 0.333. The molecule has 2 aromatic carbocycles.